The molecule has 1 aliphatic carbocycles. The van der Waals surface area contributed by atoms with Crippen LogP contribution in [0.3, 0.4) is 0 Å². The number of carbonyl (C=O) groups is 1. The largest absolute Gasteiger partial charge is 0.390 e. The highest BCUT2D eigenvalue weighted by molar-refractivity contribution is 7.85. The summed E-state index contributed by atoms with van der Waals surface area (Å²) in [5, 5.41) is 10.9. The maximum atomic E-state index is 14.3. The molecule has 0 aromatic carbocycles. The summed E-state index contributed by atoms with van der Waals surface area (Å²) in [6.07, 6.45) is -1.11. The second-order valence-electron chi connectivity index (χ2n) is 10.9. The lowest BCUT2D eigenvalue weighted by atomic mass is 9.70. The minimum Gasteiger partial charge on any atom is -0.351 e. The Hall–Kier alpha value is -3.23. The third-order valence-corrected chi connectivity index (χ3v) is 8.11. The quantitative estimate of drug-likeness (QED) is 0.306. The summed E-state index contributed by atoms with van der Waals surface area (Å²) in [6.45, 7) is 4.77. The van der Waals surface area contributed by atoms with Crippen molar-refractivity contribution in [3.05, 3.63) is 47.7 Å². The molecule has 15 heteroatoms. The van der Waals surface area contributed by atoms with Crippen LogP contribution >= 0.6 is 0 Å². The van der Waals surface area contributed by atoms with E-state index in [9.17, 15) is 31.0 Å². The Bertz CT molecular complexity index is 1410. The van der Waals surface area contributed by atoms with Crippen LogP contribution in [0.1, 0.15) is 74.6 Å². The minimum atomic E-state index is -4.37. The van der Waals surface area contributed by atoms with Crippen molar-refractivity contribution >= 4 is 28.8 Å². The van der Waals surface area contributed by atoms with E-state index in [1.54, 1.807) is 32.9 Å². The van der Waals surface area contributed by atoms with Gasteiger partial charge in [0.1, 0.15) is 16.7 Å². The van der Waals surface area contributed by atoms with Crippen LogP contribution in [0.15, 0.2) is 35.1 Å². The fourth-order valence-corrected chi connectivity index (χ4v) is 4.97. The molecule has 1 unspecified atom stereocenters. The molecule has 4 rings (SSSR count). The second-order valence-corrected chi connectivity index (χ2v) is 12.8. The van der Waals surface area contributed by atoms with Gasteiger partial charge in [0.2, 0.25) is 5.92 Å². The van der Waals surface area contributed by atoms with Gasteiger partial charge >= 0.3 is 6.18 Å². The Morgan fingerprint density at radius 3 is 2.52 bits per heavy atom. The smallest absolute Gasteiger partial charge is 0.351 e. The molecule has 0 bridgehead atoms. The number of hydrogen-bond acceptors (Lipinski definition) is 5. The maximum Gasteiger partial charge on any atom is 0.390 e. The Morgan fingerprint density at radius 1 is 1.18 bits per heavy atom. The number of nitrogens with one attached hydrogen (secondary N) is 1. The number of amides is 1. The molecule has 3 heterocycles. The first-order valence-electron chi connectivity index (χ1n) is 12.6. The number of rotatable bonds is 8. The average Bonchev–Trinajstić information content (AvgIpc) is 3.50. The molecular formula is C25H30F5N7O2S. The van der Waals surface area contributed by atoms with Crippen LogP contribution in [0.4, 0.5) is 22.0 Å². The number of nitrogens with zero attached hydrogens (tertiary/aromatic N) is 6. The molecule has 9 nitrogen and oxygen atoms in total. The lowest BCUT2D eigenvalue weighted by Gasteiger charge is -2.39. The van der Waals surface area contributed by atoms with E-state index in [1.807, 2.05) is 0 Å². The molecule has 1 atom stereocenters. The van der Waals surface area contributed by atoms with E-state index in [-0.39, 0.29) is 24.9 Å². The average molecular weight is 588 g/mol. The van der Waals surface area contributed by atoms with Crippen molar-refractivity contribution in [1.82, 2.24) is 29.7 Å². The first-order valence-corrected chi connectivity index (χ1v) is 13.7. The number of fused-ring (bicyclic) bond motifs is 1. The number of alkyl halides is 5. The van der Waals surface area contributed by atoms with Crippen molar-refractivity contribution in [3.63, 3.8) is 0 Å². The third-order valence-electron chi connectivity index (χ3n) is 6.77. The predicted octanol–water partition coefficient (Wildman–Crippen LogP) is 4.64. The molecule has 0 aliphatic heterocycles. The fraction of sp³-hybridized carbons (Fsp3) is 0.560. The van der Waals surface area contributed by atoms with Gasteiger partial charge in [0.25, 0.3) is 5.91 Å². The van der Waals surface area contributed by atoms with Gasteiger partial charge in [-0.1, -0.05) is 0 Å². The van der Waals surface area contributed by atoms with Gasteiger partial charge in [0, 0.05) is 43.7 Å². The Kier molecular flexibility index (Phi) is 8.16. The van der Waals surface area contributed by atoms with Crippen LogP contribution in [-0.4, -0.2) is 64.1 Å². The first-order chi connectivity index (χ1) is 18.6. The van der Waals surface area contributed by atoms with Crippen molar-refractivity contribution in [2.24, 2.45) is 4.40 Å². The van der Waals surface area contributed by atoms with E-state index < -0.39 is 65.0 Å². The summed E-state index contributed by atoms with van der Waals surface area (Å²) in [4.78, 5) is 17.6. The zero-order chi connectivity index (χ0) is 29.3. The summed E-state index contributed by atoms with van der Waals surface area (Å²) in [5.41, 5.74) is 0.180. The molecule has 1 amide bonds. The number of halogens is 5. The molecule has 0 radical (unpaired) electrons. The van der Waals surface area contributed by atoms with Crippen molar-refractivity contribution < 1.29 is 31.0 Å². The second kappa shape index (κ2) is 11.0. The number of aromatic nitrogens is 5. The van der Waals surface area contributed by atoms with Crippen LogP contribution in [-0.2, 0) is 22.9 Å². The highest BCUT2D eigenvalue weighted by atomic mass is 32.2. The van der Waals surface area contributed by atoms with Crippen LogP contribution in [0.25, 0.3) is 5.65 Å². The molecule has 1 N–H and O–H groups in total. The van der Waals surface area contributed by atoms with Gasteiger partial charge in [-0.05, 0) is 45.7 Å². The van der Waals surface area contributed by atoms with Gasteiger partial charge in [0.05, 0.1) is 34.8 Å². The molecule has 1 saturated carbocycles. The monoisotopic (exact) mass is 587 g/mol. The standard InChI is InChI=1S/C25H30F5N7O2S/c1-22(2,3)40(39)34-14-18-20(35-19-5-4-11-32-37(18)19)23(6-8-24(26,27)9-7-23)16-31-21(38)17-13-33-36(15-17)12-10-25(28,29)30/h4-5,11,13-15H,6-10,12,16H2,1-3H3,(H,31,38)/b34-14-. The van der Waals surface area contributed by atoms with Crippen molar-refractivity contribution in [2.45, 2.75) is 81.7 Å². The summed E-state index contributed by atoms with van der Waals surface area (Å²) >= 11 is 0. The maximum absolute atomic E-state index is 14.3. The van der Waals surface area contributed by atoms with Crippen LogP contribution in [0.2, 0.25) is 0 Å². The predicted molar refractivity (Wildman–Crippen MR) is 139 cm³/mol. The summed E-state index contributed by atoms with van der Waals surface area (Å²) < 4.78 is 85.0. The summed E-state index contributed by atoms with van der Waals surface area (Å²) in [6, 6.07) is 3.36. The summed E-state index contributed by atoms with van der Waals surface area (Å²) in [5.74, 6) is -3.49. The van der Waals surface area contributed by atoms with Crippen LogP contribution in [0.5, 0.6) is 0 Å². The molecule has 3 aromatic rings. The molecule has 40 heavy (non-hydrogen) atoms. The van der Waals surface area contributed by atoms with Crippen molar-refractivity contribution in [1.29, 1.82) is 0 Å². The molecule has 1 fully saturated rings. The van der Waals surface area contributed by atoms with E-state index in [0.29, 0.717) is 17.0 Å². The van der Waals surface area contributed by atoms with Gasteiger partial charge in [-0.3, -0.25) is 9.48 Å². The lowest BCUT2D eigenvalue weighted by molar-refractivity contribution is -0.137. The third kappa shape index (κ3) is 6.91. The Balaban J connectivity index is 1.65. The van der Waals surface area contributed by atoms with E-state index in [1.165, 1.54) is 23.1 Å². The van der Waals surface area contributed by atoms with Crippen molar-refractivity contribution in [2.75, 3.05) is 6.54 Å². The Morgan fingerprint density at radius 2 is 1.88 bits per heavy atom. The molecule has 3 aromatic heterocycles. The molecule has 1 aliphatic rings. The van der Waals surface area contributed by atoms with Crippen LogP contribution in [0, 0.1) is 0 Å². The van der Waals surface area contributed by atoms with Gasteiger partial charge in [-0.15, -0.1) is 0 Å². The van der Waals surface area contributed by atoms with Gasteiger partial charge in [0.15, 0.2) is 5.65 Å². The number of aryl methyl sites for hydroxylation is 1. The normalized spacial score (nSPS) is 18.3. The van der Waals surface area contributed by atoms with E-state index >= 15 is 0 Å². The molecule has 218 valence electrons. The highest BCUT2D eigenvalue weighted by Crippen LogP contribution is 2.45. The SMILES string of the molecule is CC(C)(C)S(=O)/N=C\c1c(C2(CNC(=O)c3cnn(CCC(F)(F)F)c3)CCC(F)(F)CC2)nc2cccnn12. The molecule has 0 saturated heterocycles. The zero-order valence-corrected chi connectivity index (χ0v) is 23.0. The highest BCUT2D eigenvalue weighted by Gasteiger charge is 2.47. The van der Waals surface area contributed by atoms with Gasteiger partial charge < -0.3 is 5.32 Å². The summed E-state index contributed by atoms with van der Waals surface area (Å²) in [7, 11) is -1.61. The number of carbonyl (C=O) groups excluding carboxylic acids is 1. The minimum absolute atomic E-state index is 0.0157. The van der Waals surface area contributed by atoms with E-state index in [0.717, 1.165) is 10.9 Å². The van der Waals surface area contributed by atoms with Crippen molar-refractivity contribution in [3.8, 4) is 0 Å². The van der Waals surface area contributed by atoms with Gasteiger partial charge in [-0.25, -0.2) is 22.5 Å². The molecular weight excluding hydrogens is 557 g/mol. The van der Waals surface area contributed by atoms with E-state index in [4.69, 9.17) is 0 Å². The zero-order valence-electron chi connectivity index (χ0n) is 22.2. The van der Waals surface area contributed by atoms with Gasteiger partial charge in [-0.2, -0.15) is 27.8 Å². The number of hydrogen-bond donors (Lipinski definition) is 1. The Labute approximate surface area is 229 Å². The van der Waals surface area contributed by atoms with Crippen LogP contribution < -0.4 is 5.32 Å². The molecule has 0 spiro atoms. The fourth-order valence-electron chi connectivity index (χ4n) is 4.46. The first kappa shape index (κ1) is 29.7. The number of imidazole rings is 1. The van der Waals surface area contributed by atoms with E-state index in [2.05, 4.69) is 24.9 Å². The topological polar surface area (TPSA) is 107 Å². The lowest BCUT2D eigenvalue weighted by Crippen LogP contribution is -2.46.